The number of hydrogen-bond acceptors (Lipinski definition) is 3. The Labute approximate surface area is 124 Å². The van der Waals surface area contributed by atoms with Crippen LogP contribution in [0.25, 0.3) is 0 Å². The maximum absolute atomic E-state index is 14.0. The van der Waals surface area contributed by atoms with Gasteiger partial charge in [0.25, 0.3) is 0 Å². The van der Waals surface area contributed by atoms with Crippen LogP contribution < -0.4 is 10.5 Å². The van der Waals surface area contributed by atoms with Crippen molar-refractivity contribution in [2.75, 3.05) is 12.8 Å². The topological polar surface area (TPSA) is 52.3 Å². The summed E-state index contributed by atoms with van der Waals surface area (Å²) in [4.78, 5) is 0.433. The Morgan fingerprint density at radius 1 is 1.35 bits per heavy atom. The SMILES string of the molecule is COc1cccc(CS(=O)c2ccc(N)cc2Cl)c1F. The lowest BCUT2D eigenvalue weighted by atomic mass is 10.2. The van der Waals surface area contributed by atoms with E-state index in [9.17, 15) is 8.60 Å². The maximum Gasteiger partial charge on any atom is 0.169 e. The zero-order chi connectivity index (χ0) is 14.7. The number of anilines is 1. The Morgan fingerprint density at radius 2 is 2.10 bits per heavy atom. The molecule has 106 valence electrons. The van der Waals surface area contributed by atoms with E-state index in [4.69, 9.17) is 22.1 Å². The lowest BCUT2D eigenvalue weighted by molar-refractivity contribution is 0.385. The molecule has 0 saturated carbocycles. The van der Waals surface area contributed by atoms with Gasteiger partial charge in [-0.3, -0.25) is 4.21 Å². The van der Waals surface area contributed by atoms with Crippen LogP contribution in [0.2, 0.25) is 5.02 Å². The fraction of sp³-hybridized carbons (Fsp3) is 0.143. The molecule has 0 radical (unpaired) electrons. The third kappa shape index (κ3) is 3.11. The number of rotatable bonds is 4. The van der Waals surface area contributed by atoms with Crippen molar-refractivity contribution in [3.05, 3.63) is 52.8 Å². The number of ether oxygens (including phenoxy) is 1. The van der Waals surface area contributed by atoms with E-state index in [0.717, 1.165) is 0 Å². The second kappa shape index (κ2) is 6.24. The van der Waals surface area contributed by atoms with Gasteiger partial charge in [-0.2, -0.15) is 0 Å². The van der Waals surface area contributed by atoms with Gasteiger partial charge in [0.2, 0.25) is 0 Å². The van der Waals surface area contributed by atoms with Crippen LogP contribution in [0.3, 0.4) is 0 Å². The second-order valence-corrected chi connectivity index (χ2v) is 5.94. The van der Waals surface area contributed by atoms with Crippen molar-refractivity contribution in [2.24, 2.45) is 0 Å². The molecular formula is C14H13ClFNO2S. The largest absolute Gasteiger partial charge is 0.494 e. The monoisotopic (exact) mass is 313 g/mol. The molecule has 0 spiro atoms. The Balaban J connectivity index is 2.28. The van der Waals surface area contributed by atoms with E-state index in [0.29, 0.717) is 21.2 Å². The van der Waals surface area contributed by atoms with Gasteiger partial charge in [-0.05, 0) is 24.3 Å². The maximum atomic E-state index is 14.0. The first-order valence-corrected chi connectivity index (χ1v) is 7.47. The smallest absolute Gasteiger partial charge is 0.169 e. The molecule has 1 atom stereocenters. The highest BCUT2D eigenvalue weighted by molar-refractivity contribution is 7.84. The minimum absolute atomic E-state index is 0.0205. The summed E-state index contributed by atoms with van der Waals surface area (Å²) in [6.07, 6.45) is 0. The lowest BCUT2D eigenvalue weighted by Crippen LogP contribution is -2.01. The van der Waals surface area contributed by atoms with Gasteiger partial charge < -0.3 is 10.5 Å². The molecule has 0 heterocycles. The molecule has 1 unspecified atom stereocenters. The van der Waals surface area contributed by atoms with Gasteiger partial charge in [0.1, 0.15) is 0 Å². The molecule has 0 fully saturated rings. The number of halogens is 2. The van der Waals surface area contributed by atoms with E-state index in [1.165, 1.54) is 19.2 Å². The highest BCUT2D eigenvalue weighted by Crippen LogP contribution is 2.26. The van der Waals surface area contributed by atoms with Gasteiger partial charge in [0, 0.05) is 11.3 Å². The van der Waals surface area contributed by atoms with Crippen LogP contribution in [0.1, 0.15) is 5.56 Å². The van der Waals surface area contributed by atoms with Crippen molar-refractivity contribution in [1.82, 2.24) is 0 Å². The Morgan fingerprint density at radius 3 is 2.75 bits per heavy atom. The molecule has 0 aromatic heterocycles. The van der Waals surface area contributed by atoms with E-state index in [1.54, 1.807) is 24.3 Å². The zero-order valence-electron chi connectivity index (χ0n) is 10.7. The number of hydrogen-bond donors (Lipinski definition) is 1. The molecule has 2 rings (SSSR count). The van der Waals surface area contributed by atoms with E-state index in [-0.39, 0.29) is 11.5 Å². The van der Waals surface area contributed by atoms with Crippen LogP contribution in [0, 0.1) is 5.82 Å². The van der Waals surface area contributed by atoms with Crippen LogP contribution in [-0.4, -0.2) is 11.3 Å². The normalized spacial score (nSPS) is 12.2. The fourth-order valence-electron chi connectivity index (χ4n) is 1.75. The summed E-state index contributed by atoms with van der Waals surface area (Å²) in [7, 11) is -0.0729. The van der Waals surface area contributed by atoms with Crippen molar-refractivity contribution in [2.45, 2.75) is 10.6 Å². The van der Waals surface area contributed by atoms with Crippen molar-refractivity contribution in [3.8, 4) is 5.75 Å². The highest BCUT2D eigenvalue weighted by Gasteiger charge is 2.14. The predicted molar refractivity (Wildman–Crippen MR) is 78.9 cm³/mol. The Hall–Kier alpha value is -1.59. The quantitative estimate of drug-likeness (QED) is 0.880. The predicted octanol–water partition coefficient (Wildman–Crippen LogP) is 3.38. The summed E-state index contributed by atoms with van der Waals surface area (Å²) in [6, 6.07) is 9.46. The van der Waals surface area contributed by atoms with Gasteiger partial charge in [0.05, 0.1) is 33.6 Å². The number of nitrogen functional groups attached to an aromatic ring is 1. The van der Waals surface area contributed by atoms with Crippen molar-refractivity contribution >= 4 is 28.1 Å². The molecule has 0 aliphatic carbocycles. The molecule has 0 bridgehead atoms. The highest BCUT2D eigenvalue weighted by atomic mass is 35.5. The van der Waals surface area contributed by atoms with Gasteiger partial charge in [-0.1, -0.05) is 23.7 Å². The van der Waals surface area contributed by atoms with Gasteiger partial charge in [-0.25, -0.2) is 4.39 Å². The molecule has 2 aromatic rings. The first-order valence-electron chi connectivity index (χ1n) is 5.77. The molecule has 0 saturated heterocycles. The van der Waals surface area contributed by atoms with Crippen LogP contribution in [-0.2, 0) is 16.6 Å². The van der Waals surface area contributed by atoms with Gasteiger partial charge in [-0.15, -0.1) is 0 Å². The Kier molecular flexibility index (Phi) is 4.62. The van der Waals surface area contributed by atoms with Crippen LogP contribution >= 0.6 is 11.6 Å². The van der Waals surface area contributed by atoms with Crippen LogP contribution in [0.4, 0.5) is 10.1 Å². The van der Waals surface area contributed by atoms with Crippen LogP contribution in [0.15, 0.2) is 41.3 Å². The average Bonchev–Trinajstić information content (AvgIpc) is 2.41. The zero-order valence-corrected chi connectivity index (χ0v) is 12.3. The van der Waals surface area contributed by atoms with E-state index >= 15 is 0 Å². The average molecular weight is 314 g/mol. The summed E-state index contributed by atoms with van der Waals surface area (Å²) in [5.41, 5.74) is 6.39. The minimum atomic E-state index is -1.46. The molecular weight excluding hydrogens is 301 g/mol. The van der Waals surface area contributed by atoms with Crippen molar-refractivity contribution in [3.63, 3.8) is 0 Å². The third-order valence-corrected chi connectivity index (χ3v) is 4.60. The summed E-state index contributed by atoms with van der Waals surface area (Å²) >= 11 is 6.00. The van der Waals surface area contributed by atoms with Gasteiger partial charge in [0.15, 0.2) is 11.6 Å². The number of methoxy groups -OCH3 is 1. The summed E-state index contributed by atoms with van der Waals surface area (Å²) in [5, 5.41) is 0.312. The second-order valence-electron chi connectivity index (χ2n) is 4.11. The molecule has 0 aliphatic rings. The Bertz CT molecular complexity index is 664. The van der Waals surface area contributed by atoms with Gasteiger partial charge >= 0.3 is 0 Å². The molecule has 20 heavy (non-hydrogen) atoms. The van der Waals surface area contributed by atoms with E-state index in [2.05, 4.69) is 0 Å². The number of benzene rings is 2. The standard InChI is InChI=1S/C14H13ClFNO2S/c1-19-12-4-2-3-9(14(12)16)8-20(18)13-6-5-10(17)7-11(13)15/h2-7H,8,17H2,1H3. The molecule has 2 aromatic carbocycles. The minimum Gasteiger partial charge on any atom is -0.494 e. The fourth-order valence-corrected chi connectivity index (χ4v) is 3.35. The van der Waals surface area contributed by atoms with Crippen molar-refractivity contribution < 1.29 is 13.3 Å². The first-order chi connectivity index (χ1) is 9.52. The van der Waals surface area contributed by atoms with E-state index < -0.39 is 16.6 Å². The van der Waals surface area contributed by atoms with Crippen molar-refractivity contribution in [1.29, 1.82) is 0 Å². The number of nitrogens with two attached hydrogens (primary N) is 1. The van der Waals surface area contributed by atoms with Crippen LogP contribution in [0.5, 0.6) is 5.75 Å². The summed E-state index contributed by atoms with van der Waals surface area (Å²) < 4.78 is 31.2. The first kappa shape index (κ1) is 14.8. The van der Waals surface area contributed by atoms with E-state index in [1.807, 2.05) is 0 Å². The molecule has 2 N–H and O–H groups in total. The third-order valence-electron chi connectivity index (χ3n) is 2.75. The molecule has 0 amide bonds. The molecule has 0 aliphatic heterocycles. The lowest BCUT2D eigenvalue weighted by Gasteiger charge is -2.08. The molecule has 3 nitrogen and oxygen atoms in total. The summed E-state index contributed by atoms with van der Waals surface area (Å²) in [5.74, 6) is -0.357. The molecule has 6 heteroatoms. The summed E-state index contributed by atoms with van der Waals surface area (Å²) in [6.45, 7) is 0.